The molecule has 1 aliphatic rings. The van der Waals surface area contributed by atoms with E-state index >= 15 is 0 Å². The molecule has 0 bridgehead atoms. The van der Waals surface area contributed by atoms with Crippen LogP contribution in [-0.4, -0.2) is 33.5 Å². The molecule has 0 aromatic heterocycles. The van der Waals surface area contributed by atoms with Crippen LogP contribution < -0.4 is 14.8 Å². The Balaban J connectivity index is 1.92. The quantitative estimate of drug-likeness (QED) is 0.769. The van der Waals surface area contributed by atoms with Crippen LogP contribution in [0.15, 0.2) is 18.2 Å². The molecule has 4 nitrogen and oxygen atoms in total. The van der Waals surface area contributed by atoms with E-state index in [4.69, 9.17) is 14.2 Å². The lowest BCUT2D eigenvalue weighted by Crippen LogP contribution is -2.28. The lowest BCUT2D eigenvalue weighted by atomic mass is 10.00. The molecule has 0 saturated carbocycles. The highest BCUT2D eigenvalue weighted by atomic mass is 16.5. The lowest BCUT2D eigenvalue weighted by Gasteiger charge is -2.27. The van der Waals surface area contributed by atoms with Crippen molar-refractivity contribution in [3.8, 4) is 11.5 Å². The molecule has 0 fully saturated rings. The molecular formula is C15H23NO3. The Kier molecular flexibility index (Phi) is 5.48. The standard InChI is InChI=1S/C15H23NO3/c1-3-18-9-4-8-16-14-7-10-19-15-6-5-12(17-2)11-13(14)15/h5-6,11,14,16H,3-4,7-10H2,1-2H3. The number of methoxy groups -OCH3 is 1. The molecule has 0 amide bonds. The second kappa shape index (κ2) is 7.36. The van der Waals surface area contributed by atoms with Crippen molar-refractivity contribution < 1.29 is 14.2 Å². The Morgan fingerprint density at radius 2 is 2.32 bits per heavy atom. The van der Waals surface area contributed by atoms with Gasteiger partial charge < -0.3 is 19.5 Å². The summed E-state index contributed by atoms with van der Waals surface area (Å²) >= 11 is 0. The van der Waals surface area contributed by atoms with Gasteiger partial charge in [-0.2, -0.15) is 0 Å². The summed E-state index contributed by atoms with van der Waals surface area (Å²) in [6, 6.07) is 6.34. The minimum absolute atomic E-state index is 0.348. The van der Waals surface area contributed by atoms with E-state index in [0.717, 1.165) is 50.7 Å². The third-order valence-corrected chi connectivity index (χ3v) is 3.32. The van der Waals surface area contributed by atoms with E-state index in [1.54, 1.807) is 7.11 Å². The normalized spacial score (nSPS) is 17.7. The molecule has 1 unspecified atom stereocenters. The summed E-state index contributed by atoms with van der Waals surface area (Å²) in [7, 11) is 1.69. The summed E-state index contributed by atoms with van der Waals surface area (Å²) in [6.45, 7) is 5.35. The van der Waals surface area contributed by atoms with Crippen molar-refractivity contribution in [3.05, 3.63) is 23.8 Å². The minimum atomic E-state index is 0.348. The highest BCUT2D eigenvalue weighted by molar-refractivity contribution is 5.43. The summed E-state index contributed by atoms with van der Waals surface area (Å²) in [6.07, 6.45) is 2.03. The van der Waals surface area contributed by atoms with Crippen LogP contribution in [0.2, 0.25) is 0 Å². The molecule has 106 valence electrons. The maximum Gasteiger partial charge on any atom is 0.124 e. The monoisotopic (exact) mass is 265 g/mol. The van der Waals surface area contributed by atoms with Gasteiger partial charge in [-0.25, -0.2) is 0 Å². The number of ether oxygens (including phenoxy) is 3. The first-order valence-corrected chi connectivity index (χ1v) is 6.97. The van der Waals surface area contributed by atoms with Gasteiger partial charge in [-0.3, -0.25) is 0 Å². The molecule has 19 heavy (non-hydrogen) atoms. The topological polar surface area (TPSA) is 39.7 Å². The van der Waals surface area contributed by atoms with Gasteiger partial charge in [0.15, 0.2) is 0 Å². The van der Waals surface area contributed by atoms with Gasteiger partial charge in [0.25, 0.3) is 0 Å². The molecule has 0 saturated heterocycles. The Morgan fingerprint density at radius 3 is 3.11 bits per heavy atom. The van der Waals surface area contributed by atoms with Gasteiger partial charge in [0, 0.05) is 31.2 Å². The summed E-state index contributed by atoms with van der Waals surface area (Å²) in [5.74, 6) is 1.85. The smallest absolute Gasteiger partial charge is 0.124 e. The summed E-state index contributed by atoms with van der Waals surface area (Å²) in [5.41, 5.74) is 1.20. The fourth-order valence-electron chi connectivity index (χ4n) is 2.31. The van der Waals surface area contributed by atoms with Gasteiger partial charge in [-0.1, -0.05) is 0 Å². The van der Waals surface area contributed by atoms with Crippen LogP contribution in [0.1, 0.15) is 31.4 Å². The van der Waals surface area contributed by atoms with Crippen LogP contribution >= 0.6 is 0 Å². The maximum atomic E-state index is 5.68. The van der Waals surface area contributed by atoms with E-state index in [1.165, 1.54) is 5.56 Å². The lowest BCUT2D eigenvalue weighted by molar-refractivity contribution is 0.143. The van der Waals surface area contributed by atoms with Crippen LogP contribution in [0.4, 0.5) is 0 Å². The van der Waals surface area contributed by atoms with E-state index in [2.05, 4.69) is 11.4 Å². The van der Waals surface area contributed by atoms with Crippen LogP contribution in [0.3, 0.4) is 0 Å². The second-order valence-electron chi connectivity index (χ2n) is 4.60. The molecule has 1 aromatic carbocycles. The van der Waals surface area contributed by atoms with Crippen LogP contribution in [0, 0.1) is 0 Å². The number of benzene rings is 1. The van der Waals surface area contributed by atoms with Crippen LogP contribution in [-0.2, 0) is 4.74 Å². The number of hydrogen-bond donors (Lipinski definition) is 1. The summed E-state index contributed by atoms with van der Waals surface area (Å²) in [5, 5.41) is 3.57. The molecule has 0 aliphatic carbocycles. The Labute approximate surface area is 115 Å². The van der Waals surface area contributed by atoms with Gasteiger partial charge >= 0.3 is 0 Å². The van der Waals surface area contributed by atoms with E-state index in [-0.39, 0.29) is 0 Å². The molecule has 4 heteroatoms. The van der Waals surface area contributed by atoms with Gasteiger partial charge in [-0.15, -0.1) is 0 Å². The van der Waals surface area contributed by atoms with Crippen LogP contribution in [0.25, 0.3) is 0 Å². The molecule has 1 heterocycles. The minimum Gasteiger partial charge on any atom is -0.497 e. The Hall–Kier alpha value is -1.26. The largest absolute Gasteiger partial charge is 0.497 e. The Morgan fingerprint density at radius 1 is 1.42 bits per heavy atom. The predicted octanol–water partition coefficient (Wildman–Crippen LogP) is 2.54. The van der Waals surface area contributed by atoms with E-state index in [1.807, 2.05) is 19.1 Å². The number of nitrogens with one attached hydrogen (secondary N) is 1. The van der Waals surface area contributed by atoms with Crippen molar-refractivity contribution in [2.24, 2.45) is 0 Å². The zero-order valence-corrected chi connectivity index (χ0v) is 11.8. The van der Waals surface area contributed by atoms with Gasteiger partial charge in [0.2, 0.25) is 0 Å². The molecule has 2 rings (SSSR count). The fourth-order valence-corrected chi connectivity index (χ4v) is 2.31. The second-order valence-corrected chi connectivity index (χ2v) is 4.60. The molecule has 1 aliphatic heterocycles. The maximum absolute atomic E-state index is 5.68. The van der Waals surface area contributed by atoms with Crippen molar-refractivity contribution in [3.63, 3.8) is 0 Å². The van der Waals surface area contributed by atoms with Gasteiger partial charge in [0.1, 0.15) is 11.5 Å². The highest BCUT2D eigenvalue weighted by Gasteiger charge is 2.21. The molecule has 0 radical (unpaired) electrons. The third kappa shape index (κ3) is 3.85. The zero-order valence-electron chi connectivity index (χ0n) is 11.8. The predicted molar refractivity (Wildman–Crippen MR) is 75.0 cm³/mol. The van der Waals surface area contributed by atoms with Crippen molar-refractivity contribution in [1.82, 2.24) is 5.32 Å². The van der Waals surface area contributed by atoms with Gasteiger partial charge in [0.05, 0.1) is 13.7 Å². The first kappa shape index (κ1) is 14.2. The van der Waals surface area contributed by atoms with Crippen molar-refractivity contribution in [2.45, 2.75) is 25.8 Å². The molecule has 0 spiro atoms. The van der Waals surface area contributed by atoms with E-state index in [0.29, 0.717) is 6.04 Å². The van der Waals surface area contributed by atoms with Crippen LogP contribution in [0.5, 0.6) is 11.5 Å². The van der Waals surface area contributed by atoms with Crippen molar-refractivity contribution >= 4 is 0 Å². The van der Waals surface area contributed by atoms with Crippen molar-refractivity contribution in [2.75, 3.05) is 33.5 Å². The number of hydrogen-bond acceptors (Lipinski definition) is 4. The first-order chi connectivity index (χ1) is 9.35. The zero-order chi connectivity index (χ0) is 13.5. The average Bonchev–Trinajstić information content (AvgIpc) is 2.46. The average molecular weight is 265 g/mol. The fraction of sp³-hybridized carbons (Fsp3) is 0.600. The Bertz CT molecular complexity index is 395. The highest BCUT2D eigenvalue weighted by Crippen LogP contribution is 2.34. The van der Waals surface area contributed by atoms with Gasteiger partial charge in [-0.05, 0) is 38.1 Å². The van der Waals surface area contributed by atoms with E-state index < -0.39 is 0 Å². The molecule has 1 atom stereocenters. The first-order valence-electron chi connectivity index (χ1n) is 6.97. The third-order valence-electron chi connectivity index (χ3n) is 3.32. The van der Waals surface area contributed by atoms with E-state index in [9.17, 15) is 0 Å². The summed E-state index contributed by atoms with van der Waals surface area (Å²) < 4.78 is 16.3. The molecule has 1 aromatic rings. The number of fused-ring (bicyclic) bond motifs is 1. The number of rotatable bonds is 7. The SMILES string of the molecule is CCOCCCNC1CCOc2ccc(OC)cc21. The summed E-state index contributed by atoms with van der Waals surface area (Å²) in [4.78, 5) is 0. The van der Waals surface area contributed by atoms with Crippen molar-refractivity contribution in [1.29, 1.82) is 0 Å². The molecule has 1 N–H and O–H groups in total. The molecular weight excluding hydrogens is 242 g/mol.